The number of fused-ring (bicyclic) bond motifs is 1. The summed E-state index contributed by atoms with van der Waals surface area (Å²) in [6.45, 7) is -0.0946. The largest absolute Gasteiger partial charge is 0.481 e. The molecule has 0 atom stereocenters. The van der Waals surface area contributed by atoms with Crippen LogP contribution in [0.5, 0.6) is 5.75 Å². The van der Waals surface area contributed by atoms with E-state index in [9.17, 15) is 4.79 Å². The molecular formula is C12H13N3O2. The summed E-state index contributed by atoms with van der Waals surface area (Å²) in [4.78, 5) is 15.5. The molecule has 0 aliphatic rings. The minimum Gasteiger partial charge on any atom is -0.481 e. The fourth-order valence-corrected chi connectivity index (χ4v) is 1.43. The molecule has 0 aliphatic carbocycles. The Hall–Kier alpha value is -2.14. The van der Waals surface area contributed by atoms with Crippen molar-refractivity contribution in [2.45, 2.75) is 0 Å². The van der Waals surface area contributed by atoms with E-state index < -0.39 is 0 Å². The highest BCUT2D eigenvalue weighted by molar-refractivity contribution is 5.84. The Balaban J connectivity index is 2.21. The number of ether oxygens (including phenoxy) is 1. The molecule has 17 heavy (non-hydrogen) atoms. The van der Waals surface area contributed by atoms with E-state index in [1.807, 2.05) is 24.3 Å². The number of hydrogen-bond donors (Lipinski definition) is 1. The van der Waals surface area contributed by atoms with Crippen molar-refractivity contribution in [2.75, 3.05) is 13.7 Å². The highest BCUT2D eigenvalue weighted by atomic mass is 16.5. The van der Waals surface area contributed by atoms with Crippen LogP contribution in [-0.4, -0.2) is 29.6 Å². The Kier molecular flexibility index (Phi) is 3.20. The molecule has 0 saturated carbocycles. The first-order valence-electron chi connectivity index (χ1n) is 5.16. The van der Waals surface area contributed by atoms with Crippen molar-refractivity contribution in [1.29, 1.82) is 0 Å². The van der Waals surface area contributed by atoms with Crippen molar-refractivity contribution in [3.05, 3.63) is 36.5 Å². The van der Waals surface area contributed by atoms with Crippen LogP contribution in [0.4, 0.5) is 0 Å². The molecule has 0 spiro atoms. The van der Waals surface area contributed by atoms with Gasteiger partial charge in [-0.25, -0.2) is 5.84 Å². The summed E-state index contributed by atoms with van der Waals surface area (Å²) in [7, 11) is 1.48. The number of para-hydroxylation sites is 1. The molecule has 5 nitrogen and oxygen atoms in total. The molecule has 1 amide bonds. The number of carbonyl (C=O) groups is 1. The number of amides is 1. The van der Waals surface area contributed by atoms with Gasteiger partial charge in [-0.15, -0.1) is 0 Å². The van der Waals surface area contributed by atoms with Gasteiger partial charge in [0.05, 0.1) is 0 Å². The third-order valence-corrected chi connectivity index (χ3v) is 2.34. The molecule has 88 valence electrons. The Morgan fingerprint density at radius 2 is 2.18 bits per heavy atom. The highest BCUT2D eigenvalue weighted by Gasteiger charge is 2.07. The summed E-state index contributed by atoms with van der Waals surface area (Å²) < 4.78 is 5.41. The van der Waals surface area contributed by atoms with Crippen LogP contribution in [0.2, 0.25) is 0 Å². The number of nitrogens with zero attached hydrogens (tertiary/aromatic N) is 2. The highest BCUT2D eigenvalue weighted by Crippen LogP contribution is 2.22. The summed E-state index contributed by atoms with van der Waals surface area (Å²) in [5.74, 6) is 5.59. The van der Waals surface area contributed by atoms with E-state index in [0.717, 1.165) is 15.9 Å². The van der Waals surface area contributed by atoms with Crippen molar-refractivity contribution < 1.29 is 9.53 Å². The maximum atomic E-state index is 11.3. The molecule has 2 rings (SSSR count). The van der Waals surface area contributed by atoms with Gasteiger partial charge in [-0.2, -0.15) is 0 Å². The Bertz CT molecular complexity index is 535. The normalized spacial score (nSPS) is 10.2. The molecule has 0 unspecified atom stereocenters. The maximum absolute atomic E-state index is 11.3. The van der Waals surface area contributed by atoms with E-state index in [1.54, 1.807) is 12.3 Å². The van der Waals surface area contributed by atoms with Gasteiger partial charge in [-0.3, -0.25) is 14.8 Å². The third-order valence-electron chi connectivity index (χ3n) is 2.34. The van der Waals surface area contributed by atoms with Crippen molar-refractivity contribution in [1.82, 2.24) is 9.99 Å². The number of rotatable bonds is 3. The first kappa shape index (κ1) is 11.3. The second kappa shape index (κ2) is 4.80. The summed E-state index contributed by atoms with van der Waals surface area (Å²) in [6, 6.07) is 9.36. The fraction of sp³-hybridized carbons (Fsp3) is 0.167. The molecule has 0 radical (unpaired) electrons. The van der Waals surface area contributed by atoms with Crippen LogP contribution < -0.4 is 10.6 Å². The molecule has 2 N–H and O–H groups in total. The average Bonchev–Trinajstić information content (AvgIpc) is 2.35. The first-order chi connectivity index (χ1) is 8.18. The van der Waals surface area contributed by atoms with Gasteiger partial charge in [0.2, 0.25) is 0 Å². The number of carbonyl (C=O) groups excluding carboxylic acids is 1. The monoisotopic (exact) mass is 231 g/mol. The van der Waals surface area contributed by atoms with Gasteiger partial charge in [0.15, 0.2) is 6.61 Å². The van der Waals surface area contributed by atoms with Crippen molar-refractivity contribution in [3.8, 4) is 5.75 Å². The molecule has 1 aromatic carbocycles. The number of pyridine rings is 1. The molecule has 0 aliphatic heterocycles. The van der Waals surface area contributed by atoms with Gasteiger partial charge in [0, 0.05) is 18.6 Å². The SMILES string of the molecule is CN(N)C(=O)COc1cccc2cccnc12. The van der Waals surface area contributed by atoms with Crippen LogP contribution in [-0.2, 0) is 4.79 Å². The second-order valence-corrected chi connectivity index (χ2v) is 3.62. The zero-order valence-electron chi connectivity index (χ0n) is 9.46. The number of hydrazine groups is 1. The van der Waals surface area contributed by atoms with Crippen molar-refractivity contribution in [3.63, 3.8) is 0 Å². The van der Waals surface area contributed by atoms with Crippen LogP contribution in [0, 0.1) is 0 Å². The number of likely N-dealkylation sites (N-methyl/N-ethyl adjacent to an activating group) is 1. The van der Waals surface area contributed by atoms with Crippen LogP contribution in [0.15, 0.2) is 36.5 Å². The van der Waals surface area contributed by atoms with Crippen LogP contribution in [0.1, 0.15) is 0 Å². The van der Waals surface area contributed by atoms with E-state index in [2.05, 4.69) is 4.98 Å². The Morgan fingerprint density at radius 3 is 2.94 bits per heavy atom. The zero-order chi connectivity index (χ0) is 12.3. The molecule has 1 aromatic heterocycles. The van der Waals surface area contributed by atoms with Crippen molar-refractivity contribution in [2.24, 2.45) is 5.84 Å². The smallest absolute Gasteiger partial charge is 0.274 e. The van der Waals surface area contributed by atoms with Gasteiger partial charge >= 0.3 is 0 Å². The van der Waals surface area contributed by atoms with E-state index in [-0.39, 0.29) is 12.5 Å². The first-order valence-corrected chi connectivity index (χ1v) is 5.16. The van der Waals surface area contributed by atoms with Gasteiger partial charge in [0.25, 0.3) is 5.91 Å². The van der Waals surface area contributed by atoms with E-state index >= 15 is 0 Å². The lowest BCUT2D eigenvalue weighted by molar-refractivity contribution is -0.132. The maximum Gasteiger partial charge on any atom is 0.274 e. The summed E-state index contributed by atoms with van der Waals surface area (Å²) in [6.07, 6.45) is 1.69. The molecule has 5 heteroatoms. The minimum absolute atomic E-state index is 0.0946. The van der Waals surface area contributed by atoms with Gasteiger partial charge in [-0.05, 0) is 12.1 Å². The molecule has 0 bridgehead atoms. The number of benzene rings is 1. The molecule has 2 aromatic rings. The van der Waals surface area contributed by atoms with Crippen molar-refractivity contribution >= 4 is 16.8 Å². The Morgan fingerprint density at radius 1 is 1.41 bits per heavy atom. The van der Waals surface area contributed by atoms with E-state index in [1.165, 1.54) is 7.05 Å². The average molecular weight is 231 g/mol. The zero-order valence-corrected chi connectivity index (χ0v) is 9.46. The third kappa shape index (κ3) is 2.51. The topological polar surface area (TPSA) is 68.5 Å². The predicted molar refractivity (Wildman–Crippen MR) is 64.2 cm³/mol. The lowest BCUT2D eigenvalue weighted by atomic mass is 10.2. The molecule has 0 fully saturated rings. The standard InChI is InChI=1S/C12H13N3O2/c1-15(13)11(16)8-17-10-6-2-4-9-5-3-7-14-12(9)10/h2-7H,8,13H2,1H3. The summed E-state index contributed by atoms with van der Waals surface area (Å²) >= 11 is 0. The van der Waals surface area contributed by atoms with Crippen LogP contribution in [0.25, 0.3) is 10.9 Å². The van der Waals surface area contributed by atoms with Gasteiger partial charge in [-0.1, -0.05) is 18.2 Å². The summed E-state index contributed by atoms with van der Waals surface area (Å²) in [5.41, 5.74) is 0.738. The number of nitrogens with two attached hydrogens (primary N) is 1. The van der Waals surface area contributed by atoms with Crippen LogP contribution in [0.3, 0.4) is 0 Å². The van der Waals surface area contributed by atoms with Crippen LogP contribution >= 0.6 is 0 Å². The van der Waals surface area contributed by atoms with E-state index in [0.29, 0.717) is 5.75 Å². The van der Waals surface area contributed by atoms with Gasteiger partial charge in [0.1, 0.15) is 11.3 Å². The second-order valence-electron chi connectivity index (χ2n) is 3.62. The van der Waals surface area contributed by atoms with Gasteiger partial charge < -0.3 is 4.74 Å². The number of hydrogen-bond acceptors (Lipinski definition) is 4. The lowest BCUT2D eigenvalue weighted by Crippen LogP contribution is -2.36. The van der Waals surface area contributed by atoms with E-state index in [4.69, 9.17) is 10.6 Å². The fourth-order valence-electron chi connectivity index (χ4n) is 1.43. The minimum atomic E-state index is -0.294. The quantitative estimate of drug-likeness (QED) is 0.485. The summed E-state index contributed by atoms with van der Waals surface area (Å²) in [5, 5.41) is 1.97. The number of aromatic nitrogens is 1. The predicted octanol–water partition coefficient (Wildman–Crippen LogP) is 0.946. The Labute approximate surface area is 98.8 Å². The molecular weight excluding hydrogens is 218 g/mol. The molecule has 1 heterocycles. The molecule has 0 saturated heterocycles. The lowest BCUT2D eigenvalue weighted by Gasteiger charge is -2.11.